The summed E-state index contributed by atoms with van der Waals surface area (Å²) in [6.07, 6.45) is 0. The maximum absolute atomic E-state index is 13.6. The third-order valence-electron chi connectivity index (χ3n) is 2.78. The fraction of sp³-hybridized carbons (Fsp3) is 0.133. The number of benzene rings is 2. The lowest BCUT2D eigenvalue weighted by molar-refractivity contribution is 0.552. The van der Waals surface area contributed by atoms with Crippen molar-refractivity contribution in [3.63, 3.8) is 0 Å². The smallest absolute Gasteiger partial charge is 0.145 e. The molecule has 0 bridgehead atoms. The molecule has 19 heavy (non-hydrogen) atoms. The fourth-order valence-corrected chi connectivity index (χ4v) is 1.77. The zero-order valence-electron chi connectivity index (χ0n) is 10.3. The predicted octanol–water partition coefficient (Wildman–Crippen LogP) is 3.95. The first-order valence-electron chi connectivity index (χ1n) is 5.78. The molecular weight excluding hydrogens is 246 g/mol. The molecule has 0 spiro atoms. The minimum absolute atomic E-state index is 0.259. The van der Waals surface area contributed by atoms with Crippen molar-refractivity contribution in [1.82, 2.24) is 0 Å². The van der Waals surface area contributed by atoms with E-state index in [1.165, 1.54) is 6.07 Å². The van der Waals surface area contributed by atoms with Crippen molar-refractivity contribution in [2.45, 2.75) is 13.0 Å². The van der Waals surface area contributed by atoms with Crippen molar-refractivity contribution < 1.29 is 8.78 Å². The Morgan fingerprint density at radius 1 is 1.05 bits per heavy atom. The van der Waals surface area contributed by atoms with Crippen LogP contribution in [0, 0.1) is 29.9 Å². The van der Waals surface area contributed by atoms with Crippen LogP contribution >= 0.6 is 0 Å². The van der Waals surface area contributed by atoms with Crippen LogP contribution in [0.3, 0.4) is 0 Å². The monoisotopic (exact) mass is 258 g/mol. The molecule has 0 aliphatic rings. The van der Waals surface area contributed by atoms with Gasteiger partial charge in [0.15, 0.2) is 0 Å². The molecule has 2 rings (SSSR count). The molecule has 0 aromatic heterocycles. The van der Waals surface area contributed by atoms with Crippen LogP contribution in [0.5, 0.6) is 0 Å². The molecule has 96 valence electrons. The highest BCUT2D eigenvalue weighted by molar-refractivity contribution is 5.48. The van der Waals surface area contributed by atoms with Crippen LogP contribution in [0.15, 0.2) is 42.5 Å². The zero-order valence-corrected chi connectivity index (χ0v) is 10.3. The normalized spacial score (nSPS) is 11.7. The Morgan fingerprint density at radius 3 is 2.16 bits per heavy atom. The van der Waals surface area contributed by atoms with Crippen LogP contribution in [0.4, 0.5) is 14.5 Å². The maximum atomic E-state index is 13.6. The van der Waals surface area contributed by atoms with E-state index >= 15 is 0 Å². The van der Waals surface area contributed by atoms with Gasteiger partial charge in [-0.05, 0) is 31.2 Å². The van der Waals surface area contributed by atoms with E-state index in [4.69, 9.17) is 5.26 Å². The number of nitrogens with one attached hydrogen (secondary N) is 1. The first-order chi connectivity index (χ1) is 9.11. The van der Waals surface area contributed by atoms with Crippen molar-refractivity contribution in [1.29, 1.82) is 5.26 Å². The summed E-state index contributed by atoms with van der Waals surface area (Å²) in [5.74, 6) is -1.46. The summed E-state index contributed by atoms with van der Waals surface area (Å²) in [5, 5.41) is 11.9. The Labute approximate surface area is 110 Å². The summed E-state index contributed by atoms with van der Waals surface area (Å²) in [5.41, 5.74) is 1.45. The standard InChI is InChI=1S/C15H12F2N2/c1-10-5-7-11(8-6-10)19-14(9-18)15-12(16)3-2-4-13(15)17/h2-8,14,19H,1H3. The fourth-order valence-electron chi connectivity index (χ4n) is 1.77. The van der Waals surface area contributed by atoms with Gasteiger partial charge in [0.1, 0.15) is 17.7 Å². The lowest BCUT2D eigenvalue weighted by Gasteiger charge is -2.14. The van der Waals surface area contributed by atoms with E-state index < -0.39 is 17.7 Å². The quantitative estimate of drug-likeness (QED) is 0.904. The highest BCUT2D eigenvalue weighted by Gasteiger charge is 2.19. The van der Waals surface area contributed by atoms with Crippen LogP contribution in [-0.4, -0.2) is 0 Å². The van der Waals surface area contributed by atoms with Crippen LogP contribution in [0.2, 0.25) is 0 Å². The van der Waals surface area contributed by atoms with Crippen molar-refractivity contribution in [2.75, 3.05) is 5.32 Å². The van der Waals surface area contributed by atoms with Gasteiger partial charge in [-0.15, -0.1) is 0 Å². The maximum Gasteiger partial charge on any atom is 0.145 e. The summed E-state index contributed by atoms with van der Waals surface area (Å²) in [7, 11) is 0. The van der Waals surface area contributed by atoms with Crippen molar-refractivity contribution in [3.05, 3.63) is 65.2 Å². The molecule has 0 radical (unpaired) electrons. The number of rotatable bonds is 3. The minimum atomic E-state index is -1.07. The van der Waals surface area contributed by atoms with Gasteiger partial charge in [-0.25, -0.2) is 8.78 Å². The molecule has 1 atom stereocenters. The van der Waals surface area contributed by atoms with E-state index in [1.54, 1.807) is 12.1 Å². The van der Waals surface area contributed by atoms with Gasteiger partial charge in [0.2, 0.25) is 0 Å². The van der Waals surface area contributed by atoms with E-state index in [0.29, 0.717) is 5.69 Å². The molecule has 0 heterocycles. The number of nitriles is 1. The van der Waals surface area contributed by atoms with Gasteiger partial charge in [-0.1, -0.05) is 23.8 Å². The molecule has 0 fully saturated rings. The minimum Gasteiger partial charge on any atom is -0.366 e. The number of hydrogen-bond donors (Lipinski definition) is 1. The van der Waals surface area contributed by atoms with Crippen LogP contribution in [0.1, 0.15) is 17.2 Å². The molecule has 0 saturated heterocycles. The lowest BCUT2D eigenvalue weighted by atomic mass is 10.1. The second-order valence-corrected chi connectivity index (χ2v) is 4.21. The molecule has 2 aromatic rings. The van der Waals surface area contributed by atoms with Gasteiger partial charge in [0.05, 0.1) is 11.6 Å². The number of nitrogens with zero attached hydrogens (tertiary/aromatic N) is 1. The van der Waals surface area contributed by atoms with E-state index in [9.17, 15) is 8.78 Å². The molecule has 1 N–H and O–H groups in total. The highest BCUT2D eigenvalue weighted by Crippen LogP contribution is 2.24. The summed E-state index contributed by atoms with van der Waals surface area (Å²) >= 11 is 0. The Morgan fingerprint density at radius 2 is 1.63 bits per heavy atom. The summed E-state index contributed by atoms with van der Waals surface area (Å²) in [4.78, 5) is 0. The van der Waals surface area contributed by atoms with E-state index in [2.05, 4.69) is 5.32 Å². The predicted molar refractivity (Wildman–Crippen MR) is 69.5 cm³/mol. The number of aryl methyl sites for hydroxylation is 1. The van der Waals surface area contributed by atoms with Gasteiger partial charge >= 0.3 is 0 Å². The summed E-state index contributed by atoms with van der Waals surface area (Å²) in [6, 6.07) is 11.6. The second kappa shape index (κ2) is 5.49. The van der Waals surface area contributed by atoms with Crippen LogP contribution < -0.4 is 5.32 Å². The third-order valence-corrected chi connectivity index (χ3v) is 2.78. The highest BCUT2D eigenvalue weighted by atomic mass is 19.1. The van der Waals surface area contributed by atoms with Crippen LogP contribution in [0.25, 0.3) is 0 Å². The van der Waals surface area contributed by atoms with Crippen molar-refractivity contribution in [3.8, 4) is 6.07 Å². The lowest BCUT2D eigenvalue weighted by Crippen LogP contribution is -2.12. The molecule has 2 nitrogen and oxygen atoms in total. The topological polar surface area (TPSA) is 35.8 Å². The Bertz CT molecular complexity index is 595. The second-order valence-electron chi connectivity index (χ2n) is 4.21. The number of anilines is 1. The molecule has 2 aromatic carbocycles. The molecule has 0 amide bonds. The first kappa shape index (κ1) is 13.0. The Hall–Kier alpha value is -2.41. The van der Waals surface area contributed by atoms with Gasteiger partial charge in [0.25, 0.3) is 0 Å². The number of hydrogen-bond acceptors (Lipinski definition) is 2. The average molecular weight is 258 g/mol. The SMILES string of the molecule is Cc1ccc(NC(C#N)c2c(F)cccc2F)cc1. The Balaban J connectivity index is 2.31. The largest absolute Gasteiger partial charge is 0.366 e. The van der Waals surface area contributed by atoms with Gasteiger partial charge in [-0.3, -0.25) is 0 Å². The molecular formula is C15H12F2N2. The molecule has 0 aliphatic carbocycles. The molecule has 4 heteroatoms. The zero-order chi connectivity index (χ0) is 13.8. The Kier molecular flexibility index (Phi) is 3.76. The van der Waals surface area contributed by atoms with E-state index in [0.717, 1.165) is 17.7 Å². The third kappa shape index (κ3) is 2.89. The summed E-state index contributed by atoms with van der Waals surface area (Å²) < 4.78 is 27.2. The summed E-state index contributed by atoms with van der Waals surface area (Å²) in [6.45, 7) is 1.93. The van der Waals surface area contributed by atoms with Gasteiger partial charge in [-0.2, -0.15) is 5.26 Å². The van der Waals surface area contributed by atoms with Gasteiger partial charge in [0, 0.05) is 5.69 Å². The molecule has 0 saturated carbocycles. The van der Waals surface area contributed by atoms with E-state index in [-0.39, 0.29) is 5.56 Å². The van der Waals surface area contributed by atoms with Crippen molar-refractivity contribution in [2.24, 2.45) is 0 Å². The number of halogens is 2. The average Bonchev–Trinajstić information content (AvgIpc) is 2.39. The van der Waals surface area contributed by atoms with Crippen LogP contribution in [-0.2, 0) is 0 Å². The molecule has 0 aliphatic heterocycles. The first-order valence-corrected chi connectivity index (χ1v) is 5.78. The molecule has 1 unspecified atom stereocenters. The van der Waals surface area contributed by atoms with Gasteiger partial charge < -0.3 is 5.32 Å². The van der Waals surface area contributed by atoms with E-state index in [1.807, 2.05) is 25.1 Å². The van der Waals surface area contributed by atoms with Crippen molar-refractivity contribution >= 4 is 5.69 Å².